The van der Waals surface area contributed by atoms with Crippen molar-refractivity contribution in [2.24, 2.45) is 0 Å². The van der Waals surface area contributed by atoms with Crippen LogP contribution in [0.3, 0.4) is 0 Å². The average Bonchev–Trinajstić information content (AvgIpc) is 2.47. The predicted molar refractivity (Wildman–Crippen MR) is 82.9 cm³/mol. The lowest BCUT2D eigenvalue weighted by Gasteiger charge is -2.38. The van der Waals surface area contributed by atoms with Gasteiger partial charge in [-0.1, -0.05) is 35.9 Å². The number of halogens is 2. The molecule has 0 unspecified atom stereocenters. The molecule has 2 aliphatic rings. The molecule has 3 rings (SSSR count). The van der Waals surface area contributed by atoms with Gasteiger partial charge in [0.15, 0.2) is 0 Å². The molecular formula is C17H19ClFNO. The molecule has 0 saturated heterocycles. The monoisotopic (exact) mass is 307 g/mol. The Kier molecular flexibility index (Phi) is 4.05. The van der Waals surface area contributed by atoms with Gasteiger partial charge in [0.05, 0.1) is 6.10 Å². The molecule has 1 aliphatic carbocycles. The molecule has 1 N–H and O–H groups in total. The summed E-state index contributed by atoms with van der Waals surface area (Å²) in [4.78, 5) is 2.04. The fraction of sp³-hybridized carbons (Fsp3) is 0.412. The summed E-state index contributed by atoms with van der Waals surface area (Å²) in [5, 5.41) is 11.0. The van der Waals surface area contributed by atoms with Crippen LogP contribution < -0.4 is 0 Å². The van der Waals surface area contributed by atoms with Crippen LogP contribution in [0, 0.1) is 6.92 Å². The molecular weight excluding hydrogens is 289 g/mol. The first kappa shape index (κ1) is 14.6. The maximum atomic E-state index is 14.1. The summed E-state index contributed by atoms with van der Waals surface area (Å²) in [6, 6.07) is 5.81. The van der Waals surface area contributed by atoms with Crippen LogP contribution in [-0.4, -0.2) is 28.8 Å². The van der Waals surface area contributed by atoms with E-state index in [2.05, 4.69) is 0 Å². The summed E-state index contributed by atoms with van der Waals surface area (Å²) in [6.45, 7) is 3.29. The lowest BCUT2D eigenvalue weighted by Crippen LogP contribution is -2.38. The van der Waals surface area contributed by atoms with E-state index in [0.29, 0.717) is 36.5 Å². The number of allylic oxidation sites excluding steroid dienone is 2. The number of aryl methyl sites for hydroxylation is 1. The molecule has 0 saturated carbocycles. The van der Waals surface area contributed by atoms with Gasteiger partial charge >= 0.3 is 0 Å². The van der Waals surface area contributed by atoms with Crippen molar-refractivity contribution >= 4 is 11.6 Å². The smallest absolute Gasteiger partial charge is 0.127 e. The third kappa shape index (κ3) is 2.72. The van der Waals surface area contributed by atoms with Crippen molar-refractivity contribution in [3.05, 3.63) is 57.8 Å². The van der Waals surface area contributed by atoms with Gasteiger partial charge in [0.1, 0.15) is 6.17 Å². The highest BCUT2D eigenvalue weighted by Crippen LogP contribution is 2.35. The van der Waals surface area contributed by atoms with Crippen molar-refractivity contribution in [1.82, 2.24) is 4.90 Å². The first-order valence-corrected chi connectivity index (χ1v) is 7.67. The number of aliphatic hydroxyl groups is 1. The van der Waals surface area contributed by atoms with Crippen LogP contribution in [0.5, 0.6) is 0 Å². The Labute approximate surface area is 129 Å². The van der Waals surface area contributed by atoms with E-state index in [-0.39, 0.29) is 0 Å². The number of hydrogen-bond donors (Lipinski definition) is 1. The summed E-state index contributed by atoms with van der Waals surface area (Å²) in [6.07, 6.45) is 3.08. The highest BCUT2D eigenvalue weighted by Gasteiger charge is 2.32. The van der Waals surface area contributed by atoms with E-state index in [1.54, 1.807) is 0 Å². The molecule has 4 heteroatoms. The van der Waals surface area contributed by atoms with E-state index in [1.807, 2.05) is 42.2 Å². The molecule has 0 fully saturated rings. The highest BCUT2D eigenvalue weighted by molar-refractivity contribution is 6.31. The van der Waals surface area contributed by atoms with Crippen LogP contribution in [0.1, 0.15) is 24.0 Å². The highest BCUT2D eigenvalue weighted by atomic mass is 35.5. The van der Waals surface area contributed by atoms with Crippen LogP contribution in [0.4, 0.5) is 4.39 Å². The van der Waals surface area contributed by atoms with Gasteiger partial charge in [0.2, 0.25) is 0 Å². The summed E-state index contributed by atoms with van der Waals surface area (Å²) in [5.41, 5.74) is 3.51. The number of nitrogens with zero attached hydrogens (tertiary/aromatic N) is 1. The number of benzene rings is 1. The van der Waals surface area contributed by atoms with Crippen molar-refractivity contribution < 1.29 is 9.50 Å². The second-order valence-corrected chi connectivity index (χ2v) is 6.13. The SMILES string of the molecule is Cc1cccc(Cl)c1CN1CC=CC2=C1[C@H](O)CC[C@H]2F. The van der Waals surface area contributed by atoms with Crippen molar-refractivity contribution in [2.45, 2.75) is 38.6 Å². The summed E-state index contributed by atoms with van der Waals surface area (Å²) < 4.78 is 14.1. The molecule has 2 atom stereocenters. The van der Waals surface area contributed by atoms with Crippen molar-refractivity contribution in [1.29, 1.82) is 0 Å². The number of aliphatic hydroxyl groups excluding tert-OH is 1. The van der Waals surface area contributed by atoms with Crippen LogP contribution in [0.2, 0.25) is 5.02 Å². The van der Waals surface area contributed by atoms with Gasteiger partial charge in [0, 0.05) is 29.4 Å². The minimum atomic E-state index is -0.977. The molecule has 21 heavy (non-hydrogen) atoms. The van der Waals surface area contributed by atoms with Crippen LogP contribution in [-0.2, 0) is 6.54 Å². The third-order valence-corrected chi connectivity index (χ3v) is 4.66. The zero-order valence-corrected chi connectivity index (χ0v) is 12.8. The average molecular weight is 308 g/mol. The maximum absolute atomic E-state index is 14.1. The van der Waals surface area contributed by atoms with Crippen molar-refractivity contribution in [2.75, 3.05) is 6.54 Å². The summed E-state index contributed by atoms with van der Waals surface area (Å²) in [7, 11) is 0. The van der Waals surface area contributed by atoms with E-state index >= 15 is 0 Å². The first-order valence-electron chi connectivity index (χ1n) is 7.29. The van der Waals surface area contributed by atoms with Crippen molar-refractivity contribution in [3.8, 4) is 0 Å². The van der Waals surface area contributed by atoms with Gasteiger partial charge in [-0.05, 0) is 37.0 Å². The van der Waals surface area contributed by atoms with Gasteiger partial charge in [-0.3, -0.25) is 0 Å². The van der Waals surface area contributed by atoms with Crippen LogP contribution >= 0.6 is 11.6 Å². The molecule has 1 aromatic carbocycles. The van der Waals surface area contributed by atoms with E-state index in [0.717, 1.165) is 16.8 Å². The maximum Gasteiger partial charge on any atom is 0.127 e. The fourth-order valence-electron chi connectivity index (χ4n) is 3.14. The van der Waals surface area contributed by atoms with E-state index in [1.165, 1.54) is 0 Å². The van der Waals surface area contributed by atoms with Gasteiger partial charge in [-0.2, -0.15) is 0 Å². The molecule has 0 bridgehead atoms. The molecule has 0 radical (unpaired) electrons. The second-order valence-electron chi connectivity index (χ2n) is 5.72. The lowest BCUT2D eigenvalue weighted by atomic mass is 9.89. The van der Waals surface area contributed by atoms with E-state index in [9.17, 15) is 9.50 Å². The van der Waals surface area contributed by atoms with E-state index < -0.39 is 12.3 Å². The quantitative estimate of drug-likeness (QED) is 0.899. The number of hydrogen-bond acceptors (Lipinski definition) is 2. The number of rotatable bonds is 2. The molecule has 112 valence electrons. The largest absolute Gasteiger partial charge is 0.387 e. The predicted octanol–water partition coefficient (Wildman–Crippen LogP) is 3.77. The van der Waals surface area contributed by atoms with Gasteiger partial charge in [-0.25, -0.2) is 4.39 Å². The minimum Gasteiger partial charge on any atom is -0.387 e. The molecule has 1 heterocycles. The second kappa shape index (κ2) is 5.82. The Morgan fingerprint density at radius 3 is 2.95 bits per heavy atom. The molecule has 0 aromatic heterocycles. The Hall–Kier alpha value is -1.32. The topological polar surface area (TPSA) is 23.5 Å². The number of alkyl halides is 1. The summed E-state index contributed by atoms with van der Waals surface area (Å²) in [5.74, 6) is 0. The van der Waals surface area contributed by atoms with Crippen molar-refractivity contribution in [3.63, 3.8) is 0 Å². The Bertz CT molecular complexity index is 591. The van der Waals surface area contributed by atoms with Gasteiger partial charge < -0.3 is 10.0 Å². The van der Waals surface area contributed by atoms with Crippen LogP contribution in [0.25, 0.3) is 0 Å². The van der Waals surface area contributed by atoms with Gasteiger partial charge in [0.25, 0.3) is 0 Å². The standard InChI is InChI=1S/C17H19ClFNO/c1-11-4-2-6-14(18)13(11)10-20-9-3-5-12-15(19)7-8-16(21)17(12)20/h2-6,15-16,21H,7-10H2,1H3/t15-,16-/m1/s1. The zero-order chi connectivity index (χ0) is 15.0. The first-order chi connectivity index (χ1) is 10.1. The Morgan fingerprint density at radius 1 is 1.38 bits per heavy atom. The Morgan fingerprint density at radius 2 is 2.19 bits per heavy atom. The lowest BCUT2D eigenvalue weighted by molar-refractivity contribution is 0.124. The summed E-state index contributed by atoms with van der Waals surface area (Å²) >= 11 is 6.29. The Balaban J connectivity index is 1.94. The molecule has 0 spiro atoms. The van der Waals surface area contributed by atoms with E-state index in [4.69, 9.17) is 11.6 Å². The third-order valence-electron chi connectivity index (χ3n) is 4.31. The minimum absolute atomic E-state index is 0.392. The zero-order valence-electron chi connectivity index (χ0n) is 12.0. The normalized spacial score (nSPS) is 25.2. The van der Waals surface area contributed by atoms with Crippen LogP contribution in [0.15, 0.2) is 41.6 Å². The molecule has 0 amide bonds. The molecule has 1 aliphatic heterocycles. The fourth-order valence-corrected chi connectivity index (χ4v) is 3.43. The molecule has 2 nitrogen and oxygen atoms in total. The van der Waals surface area contributed by atoms with Gasteiger partial charge in [-0.15, -0.1) is 0 Å². The molecule has 1 aromatic rings.